The first-order valence-electron chi connectivity index (χ1n) is 4.90. The zero-order valence-electron chi connectivity index (χ0n) is 8.49. The molecule has 1 aliphatic rings. The monoisotopic (exact) mass is 273 g/mol. The minimum absolute atomic E-state index is 0.337. The van der Waals surface area contributed by atoms with Crippen LogP contribution in [0.3, 0.4) is 0 Å². The van der Waals surface area contributed by atoms with E-state index in [-0.39, 0.29) is 6.10 Å². The van der Waals surface area contributed by atoms with E-state index in [1.165, 1.54) is 0 Å². The average molecular weight is 274 g/mol. The summed E-state index contributed by atoms with van der Waals surface area (Å²) >= 11 is 3.34. The third-order valence-corrected chi connectivity index (χ3v) is 3.01. The van der Waals surface area contributed by atoms with Gasteiger partial charge in [-0.3, -0.25) is 4.90 Å². The van der Waals surface area contributed by atoms with E-state index in [9.17, 15) is 4.39 Å². The van der Waals surface area contributed by atoms with Crippen molar-refractivity contribution in [2.75, 3.05) is 20.1 Å². The van der Waals surface area contributed by atoms with E-state index >= 15 is 0 Å². The van der Waals surface area contributed by atoms with Crippen LogP contribution in [0.15, 0.2) is 28.7 Å². The van der Waals surface area contributed by atoms with Crippen LogP contribution in [0.25, 0.3) is 0 Å². The van der Waals surface area contributed by atoms with Gasteiger partial charge in [-0.1, -0.05) is 15.9 Å². The quantitative estimate of drug-likeness (QED) is 0.821. The lowest BCUT2D eigenvalue weighted by molar-refractivity contribution is 0.139. The summed E-state index contributed by atoms with van der Waals surface area (Å²) in [4.78, 5) is 1.94. The molecular weight excluding hydrogens is 261 g/mol. The number of alkyl halides is 1. The lowest BCUT2D eigenvalue weighted by atomic mass is 10.3. The molecule has 0 radical (unpaired) electrons. The van der Waals surface area contributed by atoms with E-state index in [2.05, 4.69) is 15.9 Å². The van der Waals surface area contributed by atoms with Gasteiger partial charge in [0.15, 0.2) is 6.17 Å². The number of likely N-dealkylation sites (N-methyl/N-ethyl adjacent to an activating group) is 1. The highest BCUT2D eigenvalue weighted by Crippen LogP contribution is 2.21. The highest BCUT2D eigenvalue weighted by molar-refractivity contribution is 9.10. The minimum atomic E-state index is -0.890. The fourth-order valence-electron chi connectivity index (χ4n) is 1.71. The van der Waals surface area contributed by atoms with Gasteiger partial charge < -0.3 is 4.74 Å². The zero-order valence-corrected chi connectivity index (χ0v) is 10.1. The van der Waals surface area contributed by atoms with Crippen LogP contribution in [-0.4, -0.2) is 37.3 Å². The van der Waals surface area contributed by atoms with Crippen LogP contribution in [-0.2, 0) is 0 Å². The second-order valence-electron chi connectivity index (χ2n) is 3.85. The molecule has 0 amide bonds. The molecule has 4 heteroatoms. The molecule has 2 atom stereocenters. The maximum Gasteiger partial charge on any atom is 0.151 e. The molecule has 0 spiro atoms. The van der Waals surface area contributed by atoms with Crippen LogP contribution >= 0.6 is 15.9 Å². The van der Waals surface area contributed by atoms with E-state index < -0.39 is 6.17 Å². The zero-order chi connectivity index (χ0) is 10.8. The molecule has 1 aromatic carbocycles. The molecule has 1 aromatic rings. The Kier molecular flexibility index (Phi) is 3.26. The van der Waals surface area contributed by atoms with Crippen molar-refractivity contribution in [3.8, 4) is 5.75 Å². The smallest absolute Gasteiger partial charge is 0.151 e. The largest absolute Gasteiger partial charge is 0.486 e. The van der Waals surface area contributed by atoms with E-state index in [1.54, 1.807) is 0 Å². The number of ether oxygens (including phenoxy) is 1. The summed E-state index contributed by atoms with van der Waals surface area (Å²) in [5.74, 6) is 0.723. The molecule has 1 saturated heterocycles. The number of halogens is 2. The van der Waals surface area contributed by atoms with Gasteiger partial charge in [0.25, 0.3) is 0 Å². The van der Waals surface area contributed by atoms with E-state index in [0.717, 1.165) is 10.2 Å². The third-order valence-electron chi connectivity index (χ3n) is 2.48. The summed E-state index contributed by atoms with van der Waals surface area (Å²) < 4.78 is 20.0. The molecule has 2 unspecified atom stereocenters. The van der Waals surface area contributed by atoms with Crippen LogP contribution in [0.1, 0.15) is 0 Å². The number of benzene rings is 1. The molecule has 2 nitrogen and oxygen atoms in total. The third kappa shape index (κ3) is 2.69. The van der Waals surface area contributed by atoms with Crippen molar-refractivity contribution in [2.24, 2.45) is 0 Å². The average Bonchev–Trinajstić information content (AvgIpc) is 2.49. The van der Waals surface area contributed by atoms with Gasteiger partial charge in [-0.25, -0.2) is 4.39 Å². The SMILES string of the molecule is CN1CC(F)C(Oc2ccc(Br)cc2)C1. The van der Waals surface area contributed by atoms with Crippen LogP contribution < -0.4 is 4.74 Å². The van der Waals surface area contributed by atoms with Gasteiger partial charge in [-0.2, -0.15) is 0 Å². The van der Waals surface area contributed by atoms with Crippen molar-refractivity contribution in [3.05, 3.63) is 28.7 Å². The number of rotatable bonds is 2. The van der Waals surface area contributed by atoms with Gasteiger partial charge >= 0.3 is 0 Å². The van der Waals surface area contributed by atoms with Gasteiger partial charge in [0.1, 0.15) is 11.9 Å². The highest BCUT2D eigenvalue weighted by Gasteiger charge is 2.32. The minimum Gasteiger partial charge on any atom is -0.486 e. The molecule has 0 bridgehead atoms. The van der Waals surface area contributed by atoms with Crippen molar-refractivity contribution in [1.82, 2.24) is 4.90 Å². The summed E-state index contributed by atoms with van der Waals surface area (Å²) in [5, 5.41) is 0. The first-order chi connectivity index (χ1) is 7.15. The van der Waals surface area contributed by atoms with Crippen LogP contribution in [0.5, 0.6) is 5.75 Å². The van der Waals surface area contributed by atoms with E-state index in [1.807, 2.05) is 36.2 Å². The molecule has 82 valence electrons. The second-order valence-corrected chi connectivity index (χ2v) is 4.76. The summed E-state index contributed by atoms with van der Waals surface area (Å²) in [6.45, 7) is 1.11. The fourth-order valence-corrected chi connectivity index (χ4v) is 1.97. The van der Waals surface area contributed by atoms with E-state index in [4.69, 9.17) is 4.74 Å². The molecule has 15 heavy (non-hydrogen) atoms. The number of hydrogen-bond acceptors (Lipinski definition) is 2. The Morgan fingerprint density at radius 3 is 2.53 bits per heavy atom. The van der Waals surface area contributed by atoms with Crippen LogP contribution in [0, 0.1) is 0 Å². The molecule has 1 heterocycles. The summed E-state index contributed by atoms with van der Waals surface area (Å²) in [6.07, 6.45) is -1.23. The number of likely N-dealkylation sites (tertiary alicyclic amines) is 1. The van der Waals surface area contributed by atoms with Crippen molar-refractivity contribution < 1.29 is 9.13 Å². The summed E-state index contributed by atoms with van der Waals surface area (Å²) in [6, 6.07) is 7.47. The van der Waals surface area contributed by atoms with Crippen molar-refractivity contribution in [3.63, 3.8) is 0 Å². The molecule has 0 N–H and O–H groups in total. The summed E-state index contributed by atoms with van der Waals surface area (Å²) in [7, 11) is 1.90. The normalized spacial score (nSPS) is 26.9. The number of nitrogens with zero attached hydrogens (tertiary/aromatic N) is 1. The summed E-state index contributed by atoms with van der Waals surface area (Å²) in [5.41, 5.74) is 0. The highest BCUT2D eigenvalue weighted by atomic mass is 79.9. The van der Waals surface area contributed by atoms with Gasteiger partial charge in [0.05, 0.1) is 0 Å². The Labute approximate surface area is 97.2 Å². The van der Waals surface area contributed by atoms with Crippen LogP contribution in [0.2, 0.25) is 0 Å². The molecule has 0 saturated carbocycles. The molecule has 2 rings (SSSR count). The lowest BCUT2D eigenvalue weighted by Gasteiger charge is -2.15. The molecule has 1 fully saturated rings. The first-order valence-corrected chi connectivity index (χ1v) is 5.69. The lowest BCUT2D eigenvalue weighted by Crippen LogP contribution is -2.26. The predicted molar refractivity (Wildman–Crippen MR) is 61.0 cm³/mol. The number of hydrogen-bond donors (Lipinski definition) is 0. The fraction of sp³-hybridized carbons (Fsp3) is 0.455. The van der Waals surface area contributed by atoms with Gasteiger partial charge in [-0.05, 0) is 31.3 Å². The van der Waals surface area contributed by atoms with Gasteiger partial charge in [0, 0.05) is 17.6 Å². The molecule has 0 aliphatic carbocycles. The Balaban J connectivity index is 2.00. The Hall–Kier alpha value is -0.610. The van der Waals surface area contributed by atoms with Gasteiger partial charge in [-0.15, -0.1) is 0 Å². The standard InChI is InChI=1S/C11H13BrFNO/c1-14-6-10(13)11(7-14)15-9-4-2-8(12)3-5-9/h2-5,10-11H,6-7H2,1H3. The van der Waals surface area contributed by atoms with Gasteiger partial charge in [0.2, 0.25) is 0 Å². The van der Waals surface area contributed by atoms with Crippen molar-refractivity contribution in [1.29, 1.82) is 0 Å². The van der Waals surface area contributed by atoms with Crippen molar-refractivity contribution in [2.45, 2.75) is 12.3 Å². The topological polar surface area (TPSA) is 12.5 Å². The second kappa shape index (κ2) is 4.49. The predicted octanol–water partition coefficient (Wildman–Crippen LogP) is 2.48. The Bertz CT molecular complexity index is 330. The molecule has 0 aromatic heterocycles. The molecule has 1 aliphatic heterocycles. The Morgan fingerprint density at radius 1 is 1.33 bits per heavy atom. The maximum absolute atomic E-state index is 13.4. The molecular formula is C11H13BrFNO. The van der Waals surface area contributed by atoms with Crippen molar-refractivity contribution >= 4 is 15.9 Å². The Morgan fingerprint density at radius 2 is 2.00 bits per heavy atom. The first kappa shape index (κ1) is 10.9. The van der Waals surface area contributed by atoms with E-state index in [0.29, 0.717) is 13.1 Å². The maximum atomic E-state index is 13.4. The van der Waals surface area contributed by atoms with Crippen LogP contribution in [0.4, 0.5) is 4.39 Å².